The predicted octanol–water partition coefficient (Wildman–Crippen LogP) is -0.00600. The summed E-state index contributed by atoms with van der Waals surface area (Å²) in [6, 6.07) is 0. The largest absolute Gasteiger partial charge is 0.478 e. The molecule has 0 aliphatic carbocycles. The molecule has 0 bridgehead atoms. The molecule has 0 aromatic rings. The zero-order valence-corrected chi connectivity index (χ0v) is 9.17. The van der Waals surface area contributed by atoms with Gasteiger partial charge < -0.3 is 20.4 Å². The van der Waals surface area contributed by atoms with E-state index in [9.17, 15) is 9.59 Å². The molecule has 16 heavy (non-hydrogen) atoms. The minimum absolute atomic E-state index is 0.260. The summed E-state index contributed by atoms with van der Waals surface area (Å²) in [7, 11) is 0. The Morgan fingerprint density at radius 2 is 1.12 bits per heavy atom. The second kappa shape index (κ2) is 6.24. The van der Waals surface area contributed by atoms with Crippen LogP contribution < -0.4 is 0 Å². The maximum Gasteiger partial charge on any atom is 0.332 e. The Bertz CT molecular complexity index is 272. The van der Waals surface area contributed by atoms with Crippen molar-refractivity contribution < 1.29 is 30.0 Å². The molecule has 4 N–H and O–H groups in total. The highest BCUT2D eigenvalue weighted by molar-refractivity contribution is 5.98. The van der Waals surface area contributed by atoms with Crippen LogP contribution >= 0.6 is 0 Å². The lowest BCUT2D eigenvalue weighted by Gasteiger charge is -2.11. The normalized spacial score (nSPS) is 16.2. The average Bonchev–Trinajstić information content (AvgIpc) is 2.09. The molecule has 0 aliphatic heterocycles. The molecule has 0 aromatic heterocycles. The first-order chi connectivity index (χ1) is 7.25. The van der Waals surface area contributed by atoms with Gasteiger partial charge in [0.2, 0.25) is 0 Å². The first kappa shape index (κ1) is 14.6. The topological polar surface area (TPSA) is 115 Å². The van der Waals surface area contributed by atoms with Crippen molar-refractivity contribution in [1.29, 1.82) is 0 Å². The van der Waals surface area contributed by atoms with E-state index < -0.39 is 24.1 Å². The summed E-state index contributed by atoms with van der Waals surface area (Å²) in [6.07, 6.45) is -2.42. The molecule has 0 heterocycles. The lowest BCUT2D eigenvalue weighted by atomic mass is 9.98. The van der Waals surface area contributed by atoms with E-state index in [2.05, 4.69) is 0 Å². The van der Waals surface area contributed by atoms with Crippen molar-refractivity contribution >= 4 is 11.9 Å². The molecular weight excluding hydrogens is 216 g/mol. The van der Waals surface area contributed by atoms with Crippen LogP contribution in [0.2, 0.25) is 0 Å². The maximum atomic E-state index is 10.8. The minimum Gasteiger partial charge on any atom is -0.478 e. The number of carboxylic acids is 2. The van der Waals surface area contributed by atoms with Gasteiger partial charge in [-0.3, -0.25) is 0 Å². The summed E-state index contributed by atoms with van der Waals surface area (Å²) in [5.41, 5.74) is -0.744. The fraction of sp³-hybridized carbons (Fsp3) is 0.600. The highest BCUT2D eigenvalue weighted by Crippen LogP contribution is 2.17. The number of aliphatic hydroxyl groups is 2. The summed E-state index contributed by atoms with van der Waals surface area (Å²) in [5, 5.41) is 35.8. The average molecular weight is 232 g/mol. The molecule has 0 aliphatic rings. The molecule has 0 spiro atoms. The SMILES string of the molecule is CC(O)CC(C(=O)O)=C(CC(C)O)C(=O)O. The summed E-state index contributed by atoms with van der Waals surface area (Å²) in [6.45, 7) is 2.73. The molecule has 92 valence electrons. The van der Waals surface area contributed by atoms with Gasteiger partial charge in [-0.15, -0.1) is 0 Å². The third-order valence-corrected chi connectivity index (χ3v) is 1.88. The molecule has 0 fully saturated rings. The number of aliphatic hydroxyl groups excluding tert-OH is 2. The number of rotatable bonds is 6. The van der Waals surface area contributed by atoms with Crippen LogP contribution in [-0.4, -0.2) is 44.6 Å². The molecule has 0 radical (unpaired) electrons. The Labute approximate surface area is 92.8 Å². The van der Waals surface area contributed by atoms with E-state index in [1.807, 2.05) is 0 Å². The standard InChI is InChI=1S/C10H16O6/c1-5(11)3-7(9(13)14)8(10(15)16)4-6(2)12/h5-6,11-12H,3-4H2,1-2H3,(H,13,14)(H,15,16). The first-order valence-corrected chi connectivity index (χ1v) is 4.80. The Balaban J connectivity index is 5.26. The molecule has 0 amide bonds. The first-order valence-electron chi connectivity index (χ1n) is 4.80. The van der Waals surface area contributed by atoms with E-state index >= 15 is 0 Å². The van der Waals surface area contributed by atoms with Crippen LogP contribution in [-0.2, 0) is 9.59 Å². The Morgan fingerprint density at radius 3 is 1.25 bits per heavy atom. The summed E-state index contributed by atoms with van der Waals surface area (Å²) in [5.74, 6) is -2.78. The number of aliphatic carboxylic acids is 2. The van der Waals surface area contributed by atoms with Crippen molar-refractivity contribution in [3.05, 3.63) is 11.1 Å². The molecule has 0 saturated heterocycles. The molecule has 2 unspecified atom stereocenters. The monoisotopic (exact) mass is 232 g/mol. The van der Waals surface area contributed by atoms with Crippen LogP contribution in [0.25, 0.3) is 0 Å². The molecule has 2 atom stereocenters. The lowest BCUT2D eigenvalue weighted by Crippen LogP contribution is -2.18. The lowest BCUT2D eigenvalue weighted by molar-refractivity contribution is -0.136. The number of carboxylic acid groups (broad SMARTS) is 2. The van der Waals surface area contributed by atoms with Gasteiger partial charge in [0.1, 0.15) is 0 Å². The fourth-order valence-electron chi connectivity index (χ4n) is 1.27. The van der Waals surface area contributed by atoms with Gasteiger partial charge in [-0.2, -0.15) is 0 Å². The van der Waals surface area contributed by atoms with Gasteiger partial charge in [0.05, 0.1) is 23.4 Å². The fourth-order valence-corrected chi connectivity index (χ4v) is 1.27. The van der Waals surface area contributed by atoms with E-state index in [-0.39, 0.29) is 24.0 Å². The third-order valence-electron chi connectivity index (χ3n) is 1.88. The van der Waals surface area contributed by atoms with Crippen molar-refractivity contribution in [2.75, 3.05) is 0 Å². The number of hydrogen-bond donors (Lipinski definition) is 4. The van der Waals surface area contributed by atoms with Crippen LogP contribution in [0.4, 0.5) is 0 Å². The van der Waals surface area contributed by atoms with Gasteiger partial charge in [0, 0.05) is 12.8 Å². The molecule has 6 heteroatoms. The van der Waals surface area contributed by atoms with Crippen LogP contribution in [0.1, 0.15) is 26.7 Å². The van der Waals surface area contributed by atoms with Gasteiger partial charge in [-0.05, 0) is 13.8 Å². The van der Waals surface area contributed by atoms with Crippen molar-refractivity contribution in [1.82, 2.24) is 0 Å². The molecule has 0 aromatic carbocycles. The predicted molar refractivity (Wildman–Crippen MR) is 54.9 cm³/mol. The number of hydrogen-bond acceptors (Lipinski definition) is 4. The third kappa shape index (κ3) is 4.90. The van der Waals surface area contributed by atoms with E-state index in [1.165, 1.54) is 13.8 Å². The summed E-state index contributed by atoms with van der Waals surface area (Å²) < 4.78 is 0. The van der Waals surface area contributed by atoms with E-state index in [4.69, 9.17) is 20.4 Å². The Kier molecular flexibility index (Phi) is 5.69. The van der Waals surface area contributed by atoms with Crippen LogP contribution in [0.3, 0.4) is 0 Å². The summed E-state index contributed by atoms with van der Waals surface area (Å²) in [4.78, 5) is 21.7. The van der Waals surface area contributed by atoms with Gasteiger partial charge in [-0.25, -0.2) is 9.59 Å². The number of carbonyl (C=O) groups is 2. The van der Waals surface area contributed by atoms with Crippen molar-refractivity contribution in [3.63, 3.8) is 0 Å². The summed E-state index contributed by atoms with van der Waals surface area (Å²) >= 11 is 0. The Morgan fingerprint density at radius 1 is 0.875 bits per heavy atom. The van der Waals surface area contributed by atoms with Gasteiger partial charge >= 0.3 is 11.9 Å². The highest BCUT2D eigenvalue weighted by atomic mass is 16.4. The van der Waals surface area contributed by atoms with Gasteiger partial charge in [0.15, 0.2) is 0 Å². The van der Waals surface area contributed by atoms with E-state index in [0.29, 0.717) is 0 Å². The second-order valence-corrected chi connectivity index (χ2v) is 3.67. The van der Waals surface area contributed by atoms with Crippen LogP contribution in [0.15, 0.2) is 11.1 Å². The smallest absolute Gasteiger partial charge is 0.332 e. The van der Waals surface area contributed by atoms with Crippen molar-refractivity contribution in [3.8, 4) is 0 Å². The maximum absolute atomic E-state index is 10.8. The van der Waals surface area contributed by atoms with Crippen molar-refractivity contribution in [2.24, 2.45) is 0 Å². The molecule has 0 rings (SSSR count). The van der Waals surface area contributed by atoms with E-state index in [0.717, 1.165) is 0 Å². The van der Waals surface area contributed by atoms with Crippen molar-refractivity contribution in [2.45, 2.75) is 38.9 Å². The van der Waals surface area contributed by atoms with Gasteiger partial charge in [0.25, 0.3) is 0 Å². The minimum atomic E-state index is -1.39. The zero-order valence-electron chi connectivity index (χ0n) is 9.17. The zero-order chi connectivity index (χ0) is 12.9. The second-order valence-electron chi connectivity index (χ2n) is 3.67. The quantitative estimate of drug-likeness (QED) is 0.479. The molecule has 0 saturated carbocycles. The van der Waals surface area contributed by atoms with Crippen LogP contribution in [0, 0.1) is 0 Å². The van der Waals surface area contributed by atoms with E-state index in [1.54, 1.807) is 0 Å². The Hall–Kier alpha value is -1.40. The molecular formula is C10H16O6. The van der Waals surface area contributed by atoms with Gasteiger partial charge in [-0.1, -0.05) is 0 Å². The van der Waals surface area contributed by atoms with Crippen LogP contribution in [0.5, 0.6) is 0 Å². The molecule has 6 nitrogen and oxygen atoms in total. The highest BCUT2D eigenvalue weighted by Gasteiger charge is 2.22.